The number of carboxylic acid groups (broad SMARTS) is 1. The van der Waals surface area contributed by atoms with Crippen molar-refractivity contribution in [1.82, 2.24) is 0 Å². The number of alkyl halides is 3. The Bertz CT molecular complexity index is 1170. The summed E-state index contributed by atoms with van der Waals surface area (Å²) in [5.41, 5.74) is 2.97. The van der Waals surface area contributed by atoms with Crippen molar-refractivity contribution < 1.29 is 27.9 Å². The molecule has 0 unspecified atom stereocenters. The van der Waals surface area contributed by atoms with Crippen molar-refractivity contribution in [1.29, 1.82) is 0 Å². The Morgan fingerprint density at radius 2 is 1.70 bits per heavy atom. The normalized spacial score (nSPS) is 19.8. The van der Waals surface area contributed by atoms with E-state index in [1.54, 1.807) is 12.1 Å². The summed E-state index contributed by atoms with van der Waals surface area (Å²) in [6.07, 6.45) is -2.38. The van der Waals surface area contributed by atoms with Crippen LogP contribution in [0, 0.1) is 5.41 Å². The van der Waals surface area contributed by atoms with E-state index in [-0.39, 0.29) is 23.3 Å². The minimum absolute atomic E-state index is 0.0625. The molecule has 7 heteroatoms. The lowest BCUT2D eigenvalue weighted by Crippen LogP contribution is -2.32. The maximum absolute atomic E-state index is 13.4. The summed E-state index contributed by atoms with van der Waals surface area (Å²) < 4.78 is 38.5. The fourth-order valence-electron chi connectivity index (χ4n) is 4.54. The Labute approximate surface area is 189 Å². The summed E-state index contributed by atoms with van der Waals surface area (Å²) in [7, 11) is 0. The fourth-order valence-corrected chi connectivity index (χ4v) is 4.54. The second kappa shape index (κ2) is 8.28. The molecule has 0 saturated heterocycles. The lowest BCUT2D eigenvalue weighted by Gasteiger charge is -2.36. The van der Waals surface area contributed by atoms with Gasteiger partial charge in [0, 0.05) is 17.6 Å². The number of hydrogen-bond acceptors (Lipinski definition) is 3. The third kappa shape index (κ3) is 4.63. The zero-order valence-corrected chi connectivity index (χ0v) is 18.4. The number of allylic oxidation sites excluding steroid dienone is 2. The van der Waals surface area contributed by atoms with Crippen molar-refractivity contribution in [2.24, 2.45) is 10.4 Å². The summed E-state index contributed by atoms with van der Waals surface area (Å²) in [4.78, 5) is 29.7. The minimum atomic E-state index is -4.47. The highest BCUT2D eigenvalue weighted by atomic mass is 19.4. The molecule has 33 heavy (non-hydrogen) atoms. The largest absolute Gasteiger partial charge is 0.480 e. The van der Waals surface area contributed by atoms with Crippen LogP contribution in [0.4, 0.5) is 13.2 Å². The third-order valence-corrected chi connectivity index (χ3v) is 6.35. The van der Waals surface area contributed by atoms with Crippen LogP contribution < -0.4 is 0 Å². The van der Waals surface area contributed by atoms with Crippen LogP contribution in [0.25, 0.3) is 5.57 Å². The Morgan fingerprint density at radius 3 is 2.30 bits per heavy atom. The number of Topliss-reactive ketones (excluding diaryl/α,β-unsaturated/α-hetero) is 1. The van der Waals surface area contributed by atoms with Gasteiger partial charge in [-0.05, 0) is 53.5 Å². The molecule has 0 saturated carbocycles. The van der Waals surface area contributed by atoms with Gasteiger partial charge in [0.05, 0.1) is 5.56 Å². The van der Waals surface area contributed by atoms with Gasteiger partial charge in [0.15, 0.2) is 6.04 Å². The molecule has 0 heterocycles. The van der Waals surface area contributed by atoms with Crippen LogP contribution in [0.1, 0.15) is 55.4 Å². The predicted molar refractivity (Wildman–Crippen MR) is 119 cm³/mol. The van der Waals surface area contributed by atoms with Crippen molar-refractivity contribution in [3.05, 3.63) is 76.4 Å². The number of benzene rings is 2. The van der Waals surface area contributed by atoms with Gasteiger partial charge in [-0.15, -0.1) is 0 Å². The molecule has 2 aromatic rings. The number of halogens is 3. The van der Waals surface area contributed by atoms with E-state index in [1.807, 2.05) is 12.1 Å². The van der Waals surface area contributed by atoms with Gasteiger partial charge in [0.1, 0.15) is 5.71 Å². The van der Waals surface area contributed by atoms with E-state index in [0.29, 0.717) is 23.1 Å². The SMILES string of the molecule is CC1(C)CCC2=C(C1)c1ccccc1C(=N[C@@H](Cc1ccc(C(F)(F)F)cc1)C(=O)O)C2=O. The topological polar surface area (TPSA) is 66.7 Å². The van der Waals surface area contributed by atoms with Gasteiger partial charge in [0.2, 0.25) is 5.78 Å². The minimum Gasteiger partial charge on any atom is -0.480 e. The molecule has 0 radical (unpaired) electrons. The molecule has 172 valence electrons. The number of ketones is 1. The Hall–Kier alpha value is -3.22. The van der Waals surface area contributed by atoms with E-state index in [9.17, 15) is 27.9 Å². The molecule has 0 spiro atoms. The first-order valence-electron chi connectivity index (χ1n) is 10.8. The van der Waals surface area contributed by atoms with Crippen LogP contribution in [0.15, 0.2) is 59.1 Å². The monoisotopic (exact) mass is 455 g/mol. The highest BCUT2D eigenvalue weighted by Crippen LogP contribution is 2.46. The highest BCUT2D eigenvalue weighted by Gasteiger charge is 2.38. The molecule has 0 bridgehead atoms. The first-order valence-corrected chi connectivity index (χ1v) is 10.8. The van der Waals surface area contributed by atoms with Gasteiger partial charge in [-0.25, -0.2) is 4.79 Å². The van der Waals surface area contributed by atoms with Crippen LogP contribution in [0.3, 0.4) is 0 Å². The van der Waals surface area contributed by atoms with Crippen molar-refractivity contribution in [2.75, 3.05) is 0 Å². The van der Waals surface area contributed by atoms with E-state index in [4.69, 9.17) is 0 Å². The van der Waals surface area contributed by atoms with E-state index < -0.39 is 23.8 Å². The molecular weight excluding hydrogens is 431 g/mol. The predicted octanol–water partition coefficient (Wildman–Crippen LogP) is 5.74. The zero-order chi connectivity index (χ0) is 24.0. The van der Waals surface area contributed by atoms with Crippen LogP contribution in [-0.2, 0) is 22.2 Å². The number of hydrogen-bond donors (Lipinski definition) is 1. The number of nitrogens with zero attached hydrogens (tertiary/aromatic N) is 1. The molecule has 0 amide bonds. The number of aliphatic imine (C=N–C) groups is 1. The Morgan fingerprint density at radius 1 is 1.06 bits per heavy atom. The number of carboxylic acids is 1. The lowest BCUT2D eigenvalue weighted by molar-refractivity contribution is -0.139. The molecule has 1 N–H and O–H groups in total. The van der Waals surface area contributed by atoms with Crippen molar-refractivity contribution in [2.45, 2.75) is 51.7 Å². The second-order valence-corrected chi connectivity index (χ2v) is 9.40. The van der Waals surface area contributed by atoms with Crippen molar-refractivity contribution in [3.8, 4) is 0 Å². The van der Waals surface area contributed by atoms with Crippen LogP contribution in [0.2, 0.25) is 0 Å². The second-order valence-electron chi connectivity index (χ2n) is 9.40. The summed E-state index contributed by atoms with van der Waals surface area (Å²) in [5.74, 6) is -1.49. The molecule has 0 aliphatic heterocycles. The van der Waals surface area contributed by atoms with E-state index in [0.717, 1.165) is 36.1 Å². The zero-order valence-electron chi connectivity index (χ0n) is 18.4. The maximum atomic E-state index is 13.4. The molecule has 4 nitrogen and oxygen atoms in total. The maximum Gasteiger partial charge on any atom is 0.416 e. The van der Waals surface area contributed by atoms with Gasteiger partial charge in [-0.1, -0.05) is 50.2 Å². The molecule has 0 aromatic heterocycles. The lowest BCUT2D eigenvalue weighted by atomic mass is 9.68. The summed E-state index contributed by atoms with van der Waals surface area (Å²) in [6.45, 7) is 4.33. The van der Waals surface area contributed by atoms with Crippen LogP contribution in [0.5, 0.6) is 0 Å². The Balaban J connectivity index is 1.71. The number of carbonyl (C=O) groups is 2. The summed E-state index contributed by atoms with van der Waals surface area (Å²) >= 11 is 0. The average Bonchev–Trinajstić information content (AvgIpc) is 2.74. The van der Waals surface area contributed by atoms with Crippen LogP contribution in [-0.4, -0.2) is 28.6 Å². The standard InChI is InChI=1S/C26H24F3NO3/c1-25(2)12-11-19-20(14-25)17-5-3-4-6-18(17)22(23(19)31)30-21(24(32)33)13-15-7-9-16(10-8-15)26(27,28)29/h3-10,21H,11-14H2,1-2H3,(H,32,33)/t21-/m0/s1. The van der Waals surface area contributed by atoms with E-state index in [1.165, 1.54) is 12.1 Å². The van der Waals surface area contributed by atoms with Crippen molar-refractivity contribution in [3.63, 3.8) is 0 Å². The van der Waals surface area contributed by atoms with Gasteiger partial charge < -0.3 is 5.11 Å². The van der Waals surface area contributed by atoms with Crippen LogP contribution >= 0.6 is 0 Å². The van der Waals surface area contributed by atoms with Crippen molar-refractivity contribution >= 4 is 23.0 Å². The molecule has 0 fully saturated rings. The van der Waals surface area contributed by atoms with Gasteiger partial charge in [-0.2, -0.15) is 13.2 Å². The molecule has 1 atom stereocenters. The van der Waals surface area contributed by atoms with E-state index in [2.05, 4.69) is 18.8 Å². The average molecular weight is 455 g/mol. The number of rotatable bonds is 4. The third-order valence-electron chi connectivity index (χ3n) is 6.35. The van der Waals surface area contributed by atoms with Gasteiger partial charge in [0.25, 0.3) is 0 Å². The fraction of sp³-hybridized carbons (Fsp3) is 0.346. The quantitative estimate of drug-likeness (QED) is 0.640. The number of aliphatic carboxylic acids is 1. The first kappa shape index (κ1) is 23.0. The van der Waals surface area contributed by atoms with E-state index >= 15 is 0 Å². The Kier molecular flexibility index (Phi) is 5.76. The molecule has 2 aliphatic carbocycles. The molecule has 4 rings (SSSR count). The molecule has 2 aliphatic rings. The van der Waals surface area contributed by atoms with Gasteiger partial charge >= 0.3 is 12.1 Å². The first-order chi connectivity index (χ1) is 15.5. The number of carbonyl (C=O) groups excluding carboxylic acids is 1. The molecular formula is C26H24F3NO3. The summed E-state index contributed by atoms with van der Waals surface area (Å²) in [5, 5.41) is 9.77. The number of fused-ring (bicyclic) bond motifs is 2. The smallest absolute Gasteiger partial charge is 0.416 e. The summed E-state index contributed by atoms with van der Waals surface area (Å²) in [6, 6.07) is 10.4. The van der Waals surface area contributed by atoms with Gasteiger partial charge in [-0.3, -0.25) is 9.79 Å². The molecule has 2 aromatic carbocycles. The highest BCUT2D eigenvalue weighted by molar-refractivity contribution is 6.54.